The number of hydrogen-bond acceptors (Lipinski definition) is 1. The van der Waals surface area contributed by atoms with Crippen LogP contribution in [0.3, 0.4) is 0 Å². The topological polar surface area (TPSA) is 17.0 Å². The van der Waals surface area contributed by atoms with Gasteiger partial charge in [0, 0.05) is 25.0 Å². The number of rotatable bonds is 5. The van der Waals surface area contributed by atoms with Gasteiger partial charge in [0.15, 0.2) is 0 Å². The van der Waals surface area contributed by atoms with E-state index in [-0.39, 0.29) is 5.82 Å². The van der Waals surface area contributed by atoms with Gasteiger partial charge >= 0.3 is 0 Å². The lowest BCUT2D eigenvalue weighted by atomic mass is 10.1. The molecule has 0 spiro atoms. The molecular weight excluding hydrogens is 307 g/mol. The van der Waals surface area contributed by atoms with Crippen LogP contribution in [0.25, 0.3) is 0 Å². The maximum absolute atomic E-state index is 13.5. The van der Waals surface area contributed by atoms with Crippen molar-refractivity contribution in [2.75, 3.05) is 7.05 Å². The fourth-order valence-electron chi connectivity index (χ4n) is 2.24. The highest BCUT2D eigenvalue weighted by Crippen LogP contribution is 2.22. The van der Waals surface area contributed by atoms with E-state index in [1.54, 1.807) is 6.07 Å². The summed E-state index contributed by atoms with van der Waals surface area (Å²) in [5, 5.41) is 3.28. The number of halogens is 2. The van der Waals surface area contributed by atoms with E-state index in [9.17, 15) is 4.39 Å². The second-order valence-electron chi connectivity index (χ2n) is 4.58. The van der Waals surface area contributed by atoms with E-state index < -0.39 is 0 Å². The summed E-state index contributed by atoms with van der Waals surface area (Å²) in [5.41, 5.74) is 2.21. The van der Waals surface area contributed by atoms with Gasteiger partial charge in [-0.25, -0.2) is 4.39 Å². The second-order valence-corrected chi connectivity index (χ2v) is 5.37. The first-order chi connectivity index (χ1) is 9.15. The molecule has 2 nitrogen and oxygen atoms in total. The van der Waals surface area contributed by atoms with E-state index >= 15 is 0 Å². The van der Waals surface area contributed by atoms with Gasteiger partial charge in [-0.05, 0) is 52.7 Å². The summed E-state index contributed by atoms with van der Waals surface area (Å²) in [4.78, 5) is 0. The van der Waals surface area contributed by atoms with Crippen LogP contribution in [0.15, 0.2) is 41.1 Å². The van der Waals surface area contributed by atoms with Crippen molar-refractivity contribution in [1.29, 1.82) is 0 Å². The van der Waals surface area contributed by atoms with Crippen LogP contribution in [0.1, 0.15) is 30.5 Å². The lowest BCUT2D eigenvalue weighted by molar-refractivity contribution is 0.575. The molecule has 1 aromatic heterocycles. The molecule has 1 heterocycles. The molecule has 19 heavy (non-hydrogen) atoms. The van der Waals surface area contributed by atoms with Crippen LogP contribution >= 0.6 is 15.9 Å². The number of nitrogens with zero attached hydrogens (tertiary/aromatic N) is 1. The molecule has 0 fully saturated rings. The van der Waals surface area contributed by atoms with Crippen molar-refractivity contribution in [3.05, 3.63) is 58.1 Å². The van der Waals surface area contributed by atoms with Crippen LogP contribution in [-0.4, -0.2) is 11.6 Å². The molecule has 102 valence electrons. The fraction of sp³-hybridized carbons (Fsp3) is 0.333. The monoisotopic (exact) mass is 324 g/mol. The quantitative estimate of drug-likeness (QED) is 0.875. The zero-order chi connectivity index (χ0) is 13.8. The number of nitrogens with one attached hydrogen (secondary N) is 1. The van der Waals surface area contributed by atoms with Gasteiger partial charge in [0.05, 0.1) is 4.47 Å². The predicted octanol–water partition coefficient (Wildman–Crippen LogP) is 4.11. The number of benzene rings is 1. The smallest absolute Gasteiger partial charge is 0.137 e. The molecule has 0 aliphatic rings. The molecule has 0 radical (unpaired) electrons. The van der Waals surface area contributed by atoms with E-state index in [4.69, 9.17) is 0 Å². The zero-order valence-electron chi connectivity index (χ0n) is 11.2. The number of aromatic nitrogens is 1. The Kier molecular flexibility index (Phi) is 4.77. The van der Waals surface area contributed by atoms with E-state index in [0.29, 0.717) is 17.1 Å². The molecule has 1 unspecified atom stereocenters. The van der Waals surface area contributed by atoms with Crippen LogP contribution in [0.2, 0.25) is 0 Å². The summed E-state index contributed by atoms with van der Waals surface area (Å²) in [6.45, 7) is 2.82. The molecule has 1 N–H and O–H groups in total. The van der Waals surface area contributed by atoms with Crippen molar-refractivity contribution < 1.29 is 4.39 Å². The van der Waals surface area contributed by atoms with Crippen molar-refractivity contribution in [2.24, 2.45) is 0 Å². The third-order valence-electron chi connectivity index (χ3n) is 3.32. The van der Waals surface area contributed by atoms with E-state index in [2.05, 4.69) is 45.0 Å². The Balaban J connectivity index is 2.18. The molecule has 0 aliphatic heterocycles. The Labute approximate surface area is 121 Å². The molecule has 0 bridgehead atoms. The first-order valence-corrected chi connectivity index (χ1v) is 7.20. The van der Waals surface area contributed by atoms with Gasteiger partial charge in [0.25, 0.3) is 0 Å². The second kappa shape index (κ2) is 6.35. The summed E-state index contributed by atoms with van der Waals surface area (Å²) in [5.74, 6) is -0.216. The minimum Gasteiger partial charge on any atom is -0.350 e. The number of hydrogen-bond donors (Lipinski definition) is 1. The zero-order valence-corrected chi connectivity index (χ0v) is 12.7. The summed E-state index contributed by atoms with van der Waals surface area (Å²) in [6.07, 6.45) is 5.19. The van der Waals surface area contributed by atoms with Gasteiger partial charge in [-0.2, -0.15) is 0 Å². The maximum atomic E-state index is 13.5. The summed E-state index contributed by atoms with van der Waals surface area (Å²) in [7, 11) is 1.97. The van der Waals surface area contributed by atoms with Crippen molar-refractivity contribution in [3.8, 4) is 0 Å². The SMILES string of the molecule is CCC(NC)c1ccn(Cc2cccc(F)c2Br)c1. The summed E-state index contributed by atoms with van der Waals surface area (Å²) in [6, 6.07) is 7.61. The standard InChI is InChI=1S/C15H18BrFN2/c1-3-14(18-2)11-7-8-19(9-11)10-12-5-4-6-13(17)15(12)16/h4-9,14,18H,3,10H2,1-2H3. The van der Waals surface area contributed by atoms with Crippen molar-refractivity contribution in [3.63, 3.8) is 0 Å². The minimum absolute atomic E-state index is 0.216. The molecule has 0 amide bonds. The molecule has 0 saturated carbocycles. The van der Waals surface area contributed by atoms with E-state index in [1.807, 2.05) is 19.3 Å². The Morgan fingerprint density at radius 2 is 2.16 bits per heavy atom. The van der Waals surface area contributed by atoms with Crippen molar-refractivity contribution in [1.82, 2.24) is 9.88 Å². The van der Waals surface area contributed by atoms with Crippen LogP contribution in [0, 0.1) is 5.82 Å². The van der Waals surface area contributed by atoms with Crippen LogP contribution in [-0.2, 0) is 6.54 Å². The molecule has 0 aliphatic carbocycles. The predicted molar refractivity (Wildman–Crippen MR) is 79.7 cm³/mol. The first-order valence-electron chi connectivity index (χ1n) is 6.41. The Hall–Kier alpha value is -1.13. The van der Waals surface area contributed by atoms with E-state index in [1.165, 1.54) is 11.6 Å². The van der Waals surface area contributed by atoms with Gasteiger partial charge in [-0.15, -0.1) is 0 Å². The van der Waals surface area contributed by atoms with Crippen molar-refractivity contribution in [2.45, 2.75) is 25.9 Å². The fourth-order valence-corrected chi connectivity index (χ4v) is 2.63. The van der Waals surface area contributed by atoms with Gasteiger partial charge in [0.1, 0.15) is 5.82 Å². The van der Waals surface area contributed by atoms with E-state index in [0.717, 1.165) is 12.0 Å². The largest absolute Gasteiger partial charge is 0.350 e. The average Bonchev–Trinajstić information content (AvgIpc) is 2.85. The van der Waals surface area contributed by atoms with Gasteiger partial charge in [-0.1, -0.05) is 19.1 Å². The molecule has 1 atom stereocenters. The first kappa shape index (κ1) is 14.3. The van der Waals surface area contributed by atoms with Gasteiger partial charge in [-0.3, -0.25) is 0 Å². The summed E-state index contributed by atoms with van der Waals surface area (Å²) < 4.78 is 16.1. The molecular formula is C15H18BrFN2. The van der Waals surface area contributed by atoms with Gasteiger partial charge in [0.2, 0.25) is 0 Å². The highest BCUT2D eigenvalue weighted by atomic mass is 79.9. The Morgan fingerprint density at radius 3 is 2.84 bits per heavy atom. The van der Waals surface area contributed by atoms with Crippen LogP contribution in [0.4, 0.5) is 4.39 Å². The Bertz CT molecular complexity index is 547. The Morgan fingerprint density at radius 1 is 1.37 bits per heavy atom. The molecule has 0 saturated heterocycles. The highest BCUT2D eigenvalue weighted by Gasteiger charge is 2.09. The lowest BCUT2D eigenvalue weighted by Gasteiger charge is -2.11. The minimum atomic E-state index is -0.216. The third-order valence-corrected chi connectivity index (χ3v) is 4.20. The molecule has 2 rings (SSSR count). The lowest BCUT2D eigenvalue weighted by Crippen LogP contribution is -2.14. The maximum Gasteiger partial charge on any atom is 0.137 e. The average molecular weight is 325 g/mol. The third kappa shape index (κ3) is 3.25. The highest BCUT2D eigenvalue weighted by molar-refractivity contribution is 9.10. The van der Waals surface area contributed by atoms with Crippen molar-refractivity contribution >= 4 is 15.9 Å². The summed E-state index contributed by atoms with van der Waals surface area (Å²) >= 11 is 3.30. The molecule has 2 aromatic rings. The molecule has 1 aromatic carbocycles. The van der Waals surface area contributed by atoms with Crippen LogP contribution < -0.4 is 5.32 Å². The molecule has 4 heteroatoms. The van der Waals surface area contributed by atoms with Gasteiger partial charge < -0.3 is 9.88 Å². The van der Waals surface area contributed by atoms with Crippen LogP contribution in [0.5, 0.6) is 0 Å². The normalized spacial score (nSPS) is 12.6.